The van der Waals surface area contributed by atoms with Crippen molar-refractivity contribution in [2.45, 2.75) is 12.5 Å². The molecular formula is C24H22ClN3O5. The van der Waals surface area contributed by atoms with Gasteiger partial charge < -0.3 is 25.2 Å². The zero-order valence-corrected chi connectivity index (χ0v) is 18.5. The molecule has 1 atom stereocenters. The summed E-state index contributed by atoms with van der Waals surface area (Å²) in [5, 5.41) is 22.6. The van der Waals surface area contributed by atoms with Crippen LogP contribution in [-0.2, 0) is 11.2 Å². The van der Waals surface area contributed by atoms with Crippen LogP contribution in [0, 0.1) is 0 Å². The lowest BCUT2D eigenvalue weighted by molar-refractivity contribution is -0.138. The van der Waals surface area contributed by atoms with Crippen molar-refractivity contribution < 1.29 is 24.3 Å². The van der Waals surface area contributed by atoms with Gasteiger partial charge >= 0.3 is 5.97 Å². The lowest BCUT2D eigenvalue weighted by atomic mass is 10.0. The summed E-state index contributed by atoms with van der Waals surface area (Å²) in [6.07, 6.45) is 0.235. The first-order chi connectivity index (χ1) is 15.4. The Labute approximate surface area is 196 Å². The number of carboxylic acid groups (broad SMARTS) is 1. The highest BCUT2D eigenvalue weighted by Gasteiger charge is 2.15. The Morgan fingerprint density at radius 3 is 2.30 bits per heavy atom. The average molecular weight is 468 g/mol. The van der Waals surface area contributed by atoms with E-state index in [0.717, 1.165) is 27.8 Å². The van der Waals surface area contributed by atoms with Crippen LogP contribution in [-0.4, -0.2) is 39.5 Å². The van der Waals surface area contributed by atoms with E-state index in [1.807, 2.05) is 18.2 Å². The second kappa shape index (κ2) is 10.2. The second-order valence-corrected chi connectivity index (χ2v) is 7.23. The lowest BCUT2D eigenvalue weighted by Crippen LogP contribution is -2.32. The fraction of sp³-hybridized carbons (Fsp3) is 0.125. The van der Waals surface area contributed by atoms with E-state index in [-0.39, 0.29) is 24.6 Å². The molecule has 8 nitrogen and oxygen atoms in total. The summed E-state index contributed by atoms with van der Waals surface area (Å²) in [7, 11) is 1.59. The molecule has 0 amide bonds. The number of nitrogens with zero attached hydrogens (tertiary/aromatic N) is 2. The van der Waals surface area contributed by atoms with Crippen LogP contribution in [0.2, 0.25) is 0 Å². The van der Waals surface area contributed by atoms with Gasteiger partial charge in [-0.15, -0.1) is 12.4 Å². The van der Waals surface area contributed by atoms with Gasteiger partial charge in [0.25, 0.3) is 5.89 Å². The third-order valence-corrected chi connectivity index (χ3v) is 5.04. The Kier molecular flexibility index (Phi) is 7.32. The molecular weight excluding hydrogens is 446 g/mol. The Morgan fingerprint density at radius 2 is 1.67 bits per heavy atom. The maximum atomic E-state index is 10.9. The number of aliphatic carboxylic acids is 1. The zero-order valence-electron chi connectivity index (χ0n) is 17.6. The van der Waals surface area contributed by atoms with Crippen LogP contribution < -0.4 is 10.5 Å². The molecule has 0 spiro atoms. The number of phenols is 1. The van der Waals surface area contributed by atoms with Gasteiger partial charge in [-0.2, -0.15) is 4.98 Å². The molecule has 1 aromatic heterocycles. The summed E-state index contributed by atoms with van der Waals surface area (Å²) < 4.78 is 10.9. The number of hydrogen-bond donors (Lipinski definition) is 3. The smallest absolute Gasteiger partial charge is 0.320 e. The predicted octanol–water partition coefficient (Wildman–Crippen LogP) is 4.16. The van der Waals surface area contributed by atoms with Gasteiger partial charge in [-0.05, 0) is 47.9 Å². The first kappa shape index (κ1) is 23.8. The van der Waals surface area contributed by atoms with Crippen LogP contribution in [0.25, 0.3) is 34.0 Å². The van der Waals surface area contributed by atoms with Crippen LogP contribution in [0.15, 0.2) is 71.3 Å². The van der Waals surface area contributed by atoms with Crippen LogP contribution in [0.4, 0.5) is 0 Å². The standard InChI is InChI=1S/C24H21N3O5.ClH/c1-31-21-11-8-17(13-19(21)15-6-9-18(28)10-7-15)23-26-22(27-32-23)16-4-2-14(3-5-16)12-20(25)24(29)30;/h2-11,13,20,28H,12,25H2,1H3,(H,29,30);1H/t20-;/m0./s1. The van der Waals surface area contributed by atoms with Crippen molar-refractivity contribution in [3.8, 4) is 45.5 Å². The molecule has 0 radical (unpaired) electrons. The fourth-order valence-electron chi connectivity index (χ4n) is 3.30. The average Bonchev–Trinajstić information content (AvgIpc) is 3.30. The third kappa shape index (κ3) is 5.31. The minimum Gasteiger partial charge on any atom is -0.508 e. The number of hydrogen-bond acceptors (Lipinski definition) is 7. The van der Waals surface area contributed by atoms with E-state index in [9.17, 15) is 9.90 Å². The Hall–Kier alpha value is -3.88. The minimum atomic E-state index is -1.04. The molecule has 0 fully saturated rings. The van der Waals surface area contributed by atoms with Gasteiger partial charge in [0.2, 0.25) is 5.82 Å². The van der Waals surface area contributed by atoms with Gasteiger partial charge in [0.15, 0.2) is 0 Å². The normalized spacial score (nSPS) is 11.5. The molecule has 0 saturated heterocycles. The minimum absolute atomic E-state index is 0. The number of aromatic hydroxyl groups is 1. The molecule has 3 aromatic carbocycles. The van der Waals surface area contributed by atoms with Crippen molar-refractivity contribution in [1.29, 1.82) is 0 Å². The molecule has 33 heavy (non-hydrogen) atoms. The summed E-state index contributed by atoms with van der Waals surface area (Å²) in [5.41, 5.74) is 9.54. The fourth-order valence-corrected chi connectivity index (χ4v) is 3.30. The Balaban J connectivity index is 0.00000306. The Bertz CT molecular complexity index is 1240. The van der Waals surface area contributed by atoms with E-state index in [1.165, 1.54) is 0 Å². The molecule has 4 N–H and O–H groups in total. The van der Waals surface area contributed by atoms with Crippen LogP contribution in [0.5, 0.6) is 11.5 Å². The molecule has 0 aliphatic carbocycles. The maximum absolute atomic E-state index is 10.9. The van der Waals surface area contributed by atoms with Crippen molar-refractivity contribution in [3.05, 3.63) is 72.3 Å². The quantitative estimate of drug-likeness (QED) is 0.369. The first-order valence-corrected chi connectivity index (χ1v) is 9.84. The molecule has 0 unspecified atom stereocenters. The van der Waals surface area contributed by atoms with Gasteiger partial charge in [-0.25, -0.2) is 0 Å². The molecule has 0 bridgehead atoms. The number of aromatic nitrogens is 2. The number of phenolic OH excluding ortho intramolecular Hbond substituents is 1. The highest BCUT2D eigenvalue weighted by molar-refractivity contribution is 5.85. The van der Waals surface area contributed by atoms with E-state index in [0.29, 0.717) is 17.5 Å². The van der Waals surface area contributed by atoms with Crippen molar-refractivity contribution in [1.82, 2.24) is 10.1 Å². The van der Waals surface area contributed by atoms with Crippen molar-refractivity contribution in [3.63, 3.8) is 0 Å². The summed E-state index contributed by atoms with van der Waals surface area (Å²) in [6.45, 7) is 0. The summed E-state index contributed by atoms with van der Waals surface area (Å²) in [4.78, 5) is 15.4. The van der Waals surface area contributed by atoms with Gasteiger partial charge in [0.1, 0.15) is 17.5 Å². The highest BCUT2D eigenvalue weighted by Crippen LogP contribution is 2.35. The summed E-state index contributed by atoms with van der Waals surface area (Å²) in [5.74, 6) is 0.578. The SMILES string of the molecule is COc1ccc(-c2nc(-c3ccc(C[C@H](N)C(=O)O)cc3)no2)cc1-c1ccc(O)cc1.Cl. The number of nitrogens with two attached hydrogens (primary N) is 1. The van der Waals surface area contributed by atoms with Crippen LogP contribution >= 0.6 is 12.4 Å². The largest absolute Gasteiger partial charge is 0.508 e. The van der Waals surface area contributed by atoms with E-state index < -0.39 is 12.0 Å². The van der Waals surface area contributed by atoms with Crippen LogP contribution in [0.1, 0.15) is 5.56 Å². The van der Waals surface area contributed by atoms with Gasteiger partial charge in [0, 0.05) is 16.7 Å². The third-order valence-electron chi connectivity index (χ3n) is 5.04. The number of benzene rings is 3. The number of rotatable bonds is 7. The van der Waals surface area contributed by atoms with E-state index in [1.54, 1.807) is 55.6 Å². The number of methoxy groups -OCH3 is 1. The van der Waals surface area contributed by atoms with Gasteiger partial charge in [0.05, 0.1) is 7.11 Å². The molecule has 4 aromatic rings. The van der Waals surface area contributed by atoms with Crippen molar-refractivity contribution >= 4 is 18.4 Å². The number of carboxylic acids is 1. The molecule has 0 aliphatic rings. The van der Waals surface area contributed by atoms with E-state index >= 15 is 0 Å². The van der Waals surface area contributed by atoms with Crippen molar-refractivity contribution in [2.24, 2.45) is 5.73 Å². The summed E-state index contributed by atoms with van der Waals surface area (Å²) in [6, 6.07) is 18.6. The lowest BCUT2D eigenvalue weighted by Gasteiger charge is -2.10. The second-order valence-electron chi connectivity index (χ2n) is 7.23. The molecule has 4 rings (SSSR count). The number of halogens is 1. The first-order valence-electron chi connectivity index (χ1n) is 9.84. The van der Waals surface area contributed by atoms with Crippen molar-refractivity contribution in [2.75, 3.05) is 7.11 Å². The number of ether oxygens (including phenoxy) is 1. The van der Waals surface area contributed by atoms with Gasteiger partial charge in [-0.1, -0.05) is 41.6 Å². The zero-order chi connectivity index (χ0) is 22.7. The maximum Gasteiger partial charge on any atom is 0.320 e. The Morgan fingerprint density at radius 1 is 1.03 bits per heavy atom. The topological polar surface area (TPSA) is 132 Å². The van der Waals surface area contributed by atoms with E-state index in [4.69, 9.17) is 20.1 Å². The number of carbonyl (C=O) groups is 1. The molecule has 1 heterocycles. The van der Waals surface area contributed by atoms with Crippen LogP contribution in [0.3, 0.4) is 0 Å². The molecule has 0 aliphatic heterocycles. The molecule has 0 saturated carbocycles. The van der Waals surface area contributed by atoms with Gasteiger partial charge in [-0.3, -0.25) is 4.79 Å². The summed E-state index contributed by atoms with van der Waals surface area (Å²) >= 11 is 0. The highest BCUT2D eigenvalue weighted by atomic mass is 35.5. The molecule has 170 valence electrons. The molecule has 9 heteroatoms. The van der Waals surface area contributed by atoms with E-state index in [2.05, 4.69) is 10.1 Å². The predicted molar refractivity (Wildman–Crippen MR) is 125 cm³/mol. The monoisotopic (exact) mass is 467 g/mol.